The Morgan fingerprint density at radius 2 is 2.05 bits per heavy atom. The van der Waals surface area contributed by atoms with E-state index in [1.807, 2.05) is 0 Å². The van der Waals surface area contributed by atoms with Crippen LogP contribution in [0.15, 0.2) is 0 Å². The predicted octanol–water partition coefficient (Wildman–Crippen LogP) is 1.36. The molecule has 21 heavy (non-hydrogen) atoms. The van der Waals surface area contributed by atoms with Crippen molar-refractivity contribution in [3.63, 3.8) is 0 Å². The number of rotatable bonds is 5. The summed E-state index contributed by atoms with van der Waals surface area (Å²) >= 11 is 0. The molecule has 3 atom stereocenters. The summed E-state index contributed by atoms with van der Waals surface area (Å²) in [4.78, 5) is 13.5. The molecule has 0 spiro atoms. The lowest BCUT2D eigenvalue weighted by Gasteiger charge is -2.20. The van der Waals surface area contributed by atoms with Gasteiger partial charge in [-0.15, -0.1) is 0 Å². The number of alkyl halides is 3. The maximum Gasteiger partial charge on any atom is 0.401 e. The molecule has 1 aliphatic carbocycles. The van der Waals surface area contributed by atoms with E-state index in [9.17, 15) is 18.0 Å². The van der Waals surface area contributed by atoms with Gasteiger partial charge in [-0.25, -0.2) is 0 Å². The number of carbonyl (C=O) groups is 1. The third-order valence-electron chi connectivity index (χ3n) is 4.64. The lowest BCUT2D eigenvalue weighted by molar-refractivity contribution is -0.143. The minimum atomic E-state index is -4.14. The molecule has 4 nitrogen and oxygen atoms in total. The number of likely N-dealkylation sites (tertiary alicyclic amines) is 1. The van der Waals surface area contributed by atoms with E-state index in [1.54, 1.807) is 0 Å². The van der Waals surface area contributed by atoms with Gasteiger partial charge in [0.2, 0.25) is 5.91 Å². The van der Waals surface area contributed by atoms with Gasteiger partial charge in [0.25, 0.3) is 0 Å². The predicted molar refractivity (Wildman–Crippen MR) is 73.5 cm³/mol. The average molecular weight is 307 g/mol. The van der Waals surface area contributed by atoms with Gasteiger partial charge >= 0.3 is 6.18 Å². The molecular formula is C14H24F3N3O. The van der Waals surface area contributed by atoms with E-state index < -0.39 is 12.7 Å². The first-order valence-electron chi connectivity index (χ1n) is 7.66. The molecule has 122 valence electrons. The first-order chi connectivity index (χ1) is 9.89. The van der Waals surface area contributed by atoms with E-state index in [1.165, 1.54) is 4.90 Å². The SMILES string of the molecule is NC[C@H]1CCC[C@H]1C(=O)NCC1CCN(CC(F)(F)F)C1. The van der Waals surface area contributed by atoms with Gasteiger partial charge in [-0.1, -0.05) is 6.42 Å². The van der Waals surface area contributed by atoms with Crippen LogP contribution in [0.5, 0.6) is 0 Å². The number of hydrogen-bond acceptors (Lipinski definition) is 3. The van der Waals surface area contributed by atoms with Crippen LogP contribution in [0.4, 0.5) is 13.2 Å². The summed E-state index contributed by atoms with van der Waals surface area (Å²) in [5.41, 5.74) is 5.66. The molecule has 0 aromatic rings. The average Bonchev–Trinajstić information content (AvgIpc) is 3.02. The Kier molecular flexibility index (Phi) is 5.48. The van der Waals surface area contributed by atoms with Crippen LogP contribution in [0.25, 0.3) is 0 Å². The quantitative estimate of drug-likeness (QED) is 0.806. The van der Waals surface area contributed by atoms with Gasteiger partial charge in [-0.2, -0.15) is 13.2 Å². The van der Waals surface area contributed by atoms with E-state index in [4.69, 9.17) is 5.73 Å². The van der Waals surface area contributed by atoms with Gasteiger partial charge < -0.3 is 11.1 Å². The highest BCUT2D eigenvalue weighted by Crippen LogP contribution is 2.31. The monoisotopic (exact) mass is 307 g/mol. The zero-order chi connectivity index (χ0) is 15.5. The fraction of sp³-hybridized carbons (Fsp3) is 0.929. The fourth-order valence-electron chi connectivity index (χ4n) is 3.52. The molecule has 0 aromatic heterocycles. The fourth-order valence-corrected chi connectivity index (χ4v) is 3.52. The van der Waals surface area contributed by atoms with E-state index in [0.717, 1.165) is 19.3 Å². The normalized spacial score (nSPS) is 30.8. The Balaban J connectivity index is 1.71. The first kappa shape index (κ1) is 16.5. The Labute approximate surface area is 123 Å². The van der Waals surface area contributed by atoms with Gasteiger partial charge in [0.05, 0.1) is 6.54 Å². The van der Waals surface area contributed by atoms with Crippen LogP contribution in [-0.4, -0.2) is 49.7 Å². The molecule has 7 heteroatoms. The Hall–Kier alpha value is -0.820. The molecule has 1 saturated heterocycles. The number of carbonyl (C=O) groups excluding carboxylic acids is 1. The van der Waals surface area contributed by atoms with Gasteiger partial charge in [0, 0.05) is 19.0 Å². The van der Waals surface area contributed by atoms with E-state index in [0.29, 0.717) is 32.6 Å². The molecule has 2 rings (SSSR count). The number of amides is 1. The maximum absolute atomic E-state index is 12.3. The molecule has 0 aromatic carbocycles. The number of nitrogens with one attached hydrogen (secondary N) is 1. The molecular weight excluding hydrogens is 283 g/mol. The molecule has 1 unspecified atom stereocenters. The number of halogens is 3. The highest BCUT2D eigenvalue weighted by molar-refractivity contribution is 5.79. The van der Waals surface area contributed by atoms with Crippen LogP contribution in [0.2, 0.25) is 0 Å². The minimum absolute atomic E-state index is 0.0114. The Morgan fingerprint density at radius 1 is 1.29 bits per heavy atom. The van der Waals surface area contributed by atoms with Crippen molar-refractivity contribution in [2.75, 3.05) is 32.7 Å². The van der Waals surface area contributed by atoms with Crippen LogP contribution >= 0.6 is 0 Å². The second-order valence-corrected chi connectivity index (χ2v) is 6.28. The summed E-state index contributed by atoms with van der Waals surface area (Å²) in [5.74, 6) is 0.393. The number of nitrogens with two attached hydrogens (primary N) is 1. The molecule has 1 aliphatic heterocycles. The smallest absolute Gasteiger partial charge is 0.356 e. The summed E-state index contributed by atoms with van der Waals surface area (Å²) < 4.78 is 36.9. The van der Waals surface area contributed by atoms with Crippen LogP contribution in [0.1, 0.15) is 25.7 Å². The molecule has 2 fully saturated rings. The van der Waals surface area contributed by atoms with Crippen molar-refractivity contribution in [1.82, 2.24) is 10.2 Å². The lowest BCUT2D eigenvalue weighted by atomic mass is 9.95. The van der Waals surface area contributed by atoms with Crippen molar-refractivity contribution < 1.29 is 18.0 Å². The van der Waals surface area contributed by atoms with Crippen molar-refractivity contribution in [3.8, 4) is 0 Å². The van der Waals surface area contributed by atoms with E-state index in [-0.39, 0.29) is 23.7 Å². The van der Waals surface area contributed by atoms with Crippen molar-refractivity contribution in [2.45, 2.75) is 31.9 Å². The van der Waals surface area contributed by atoms with E-state index in [2.05, 4.69) is 5.32 Å². The standard InChI is InChI=1S/C14H24F3N3O/c15-14(16,17)9-20-5-4-10(8-20)7-19-13(21)12-3-1-2-11(12)6-18/h10-12H,1-9,18H2,(H,19,21)/t10?,11-,12-/m1/s1. The number of hydrogen-bond donors (Lipinski definition) is 2. The molecule has 1 saturated carbocycles. The van der Waals surface area contributed by atoms with Gasteiger partial charge in [0.1, 0.15) is 0 Å². The summed E-state index contributed by atoms with van der Waals surface area (Å²) in [5, 5.41) is 2.91. The van der Waals surface area contributed by atoms with Crippen molar-refractivity contribution in [1.29, 1.82) is 0 Å². The van der Waals surface area contributed by atoms with E-state index >= 15 is 0 Å². The van der Waals surface area contributed by atoms with Crippen molar-refractivity contribution in [3.05, 3.63) is 0 Å². The summed E-state index contributed by atoms with van der Waals surface area (Å²) in [6.07, 6.45) is -0.531. The van der Waals surface area contributed by atoms with Crippen molar-refractivity contribution in [2.24, 2.45) is 23.5 Å². The third kappa shape index (κ3) is 4.85. The summed E-state index contributed by atoms with van der Waals surface area (Å²) in [6.45, 7) is 1.01. The van der Waals surface area contributed by atoms with Gasteiger partial charge in [0.15, 0.2) is 0 Å². The zero-order valence-corrected chi connectivity index (χ0v) is 12.2. The molecule has 2 aliphatic rings. The number of nitrogens with zero attached hydrogens (tertiary/aromatic N) is 1. The first-order valence-corrected chi connectivity index (χ1v) is 7.66. The highest BCUT2D eigenvalue weighted by atomic mass is 19.4. The molecule has 0 radical (unpaired) electrons. The lowest BCUT2D eigenvalue weighted by Crippen LogP contribution is -2.38. The second kappa shape index (κ2) is 6.96. The summed E-state index contributed by atoms with van der Waals surface area (Å²) in [6, 6.07) is 0. The largest absolute Gasteiger partial charge is 0.401 e. The summed E-state index contributed by atoms with van der Waals surface area (Å²) in [7, 11) is 0. The van der Waals surface area contributed by atoms with Gasteiger partial charge in [-0.3, -0.25) is 9.69 Å². The van der Waals surface area contributed by atoms with Crippen LogP contribution < -0.4 is 11.1 Å². The Bertz CT molecular complexity index is 362. The van der Waals surface area contributed by atoms with Crippen LogP contribution in [0.3, 0.4) is 0 Å². The zero-order valence-electron chi connectivity index (χ0n) is 12.2. The van der Waals surface area contributed by atoms with Crippen molar-refractivity contribution >= 4 is 5.91 Å². The topological polar surface area (TPSA) is 58.4 Å². The van der Waals surface area contributed by atoms with Gasteiger partial charge in [-0.05, 0) is 44.2 Å². The third-order valence-corrected chi connectivity index (χ3v) is 4.64. The molecule has 1 amide bonds. The molecule has 3 N–H and O–H groups in total. The minimum Gasteiger partial charge on any atom is -0.356 e. The molecule has 1 heterocycles. The molecule has 0 bridgehead atoms. The van der Waals surface area contributed by atoms with Crippen LogP contribution in [0, 0.1) is 17.8 Å². The second-order valence-electron chi connectivity index (χ2n) is 6.28. The highest BCUT2D eigenvalue weighted by Gasteiger charge is 2.35. The van der Waals surface area contributed by atoms with Crippen LogP contribution in [-0.2, 0) is 4.79 Å². The maximum atomic E-state index is 12.3. The Morgan fingerprint density at radius 3 is 2.71 bits per heavy atom.